The maximum atomic E-state index is 4.70. The Morgan fingerprint density at radius 1 is 1.39 bits per heavy atom. The van der Waals surface area contributed by atoms with Gasteiger partial charge in [0.1, 0.15) is 17.5 Å². The molecule has 1 aliphatic heterocycles. The van der Waals surface area contributed by atoms with E-state index in [0.717, 1.165) is 49.3 Å². The molecular weight excluding hydrogens is 224 g/mol. The Bertz CT molecular complexity index is 391. The summed E-state index contributed by atoms with van der Waals surface area (Å²) in [6.07, 6.45) is 4.60. The number of anilines is 2. The van der Waals surface area contributed by atoms with Gasteiger partial charge in [0, 0.05) is 32.6 Å². The number of rotatable bonds is 5. The Kier molecular flexibility index (Phi) is 4.39. The summed E-state index contributed by atoms with van der Waals surface area (Å²) in [4.78, 5) is 11.6. The Morgan fingerprint density at radius 3 is 2.83 bits per heavy atom. The maximum absolute atomic E-state index is 4.70. The first kappa shape index (κ1) is 13.1. The molecule has 0 aliphatic carbocycles. The predicted molar refractivity (Wildman–Crippen MR) is 76.2 cm³/mol. The van der Waals surface area contributed by atoms with Crippen LogP contribution in [-0.4, -0.2) is 30.1 Å². The third kappa shape index (κ3) is 2.92. The number of nitrogens with one attached hydrogen (secondary N) is 1. The molecule has 0 amide bonds. The van der Waals surface area contributed by atoms with Crippen molar-refractivity contribution in [1.29, 1.82) is 0 Å². The molecule has 1 unspecified atom stereocenters. The SMILES string of the molecule is CCCc1nc(NC)cc(N2CCC(CC)C2)n1. The summed E-state index contributed by atoms with van der Waals surface area (Å²) < 4.78 is 0. The zero-order valence-electron chi connectivity index (χ0n) is 11.7. The van der Waals surface area contributed by atoms with Crippen LogP contribution in [0.5, 0.6) is 0 Å². The van der Waals surface area contributed by atoms with Gasteiger partial charge < -0.3 is 10.2 Å². The van der Waals surface area contributed by atoms with E-state index in [9.17, 15) is 0 Å². The van der Waals surface area contributed by atoms with Gasteiger partial charge in [-0.05, 0) is 18.8 Å². The van der Waals surface area contributed by atoms with Gasteiger partial charge in [0.2, 0.25) is 0 Å². The van der Waals surface area contributed by atoms with Crippen molar-refractivity contribution >= 4 is 11.6 Å². The van der Waals surface area contributed by atoms with Crippen molar-refractivity contribution in [3.8, 4) is 0 Å². The molecule has 1 N–H and O–H groups in total. The van der Waals surface area contributed by atoms with Crippen LogP contribution < -0.4 is 10.2 Å². The van der Waals surface area contributed by atoms with E-state index >= 15 is 0 Å². The van der Waals surface area contributed by atoms with Gasteiger partial charge in [-0.15, -0.1) is 0 Å². The average molecular weight is 248 g/mol. The minimum atomic E-state index is 0.827. The molecular formula is C14H24N4. The van der Waals surface area contributed by atoms with Gasteiger partial charge in [0.15, 0.2) is 0 Å². The summed E-state index contributed by atoms with van der Waals surface area (Å²) in [6.45, 7) is 6.71. The lowest BCUT2D eigenvalue weighted by molar-refractivity contribution is 0.568. The molecule has 0 saturated carbocycles. The second kappa shape index (κ2) is 6.03. The molecule has 0 spiro atoms. The van der Waals surface area contributed by atoms with Gasteiger partial charge in [-0.25, -0.2) is 9.97 Å². The third-order valence-corrected chi connectivity index (χ3v) is 3.68. The number of hydrogen-bond acceptors (Lipinski definition) is 4. The number of hydrogen-bond donors (Lipinski definition) is 1. The fourth-order valence-corrected chi connectivity index (χ4v) is 2.48. The first-order chi connectivity index (χ1) is 8.76. The second-order valence-electron chi connectivity index (χ2n) is 5.04. The van der Waals surface area contributed by atoms with Crippen LogP contribution in [0.1, 0.15) is 38.9 Å². The largest absolute Gasteiger partial charge is 0.373 e. The van der Waals surface area contributed by atoms with Crippen LogP contribution in [0, 0.1) is 5.92 Å². The highest BCUT2D eigenvalue weighted by Gasteiger charge is 2.22. The van der Waals surface area contributed by atoms with Crippen molar-refractivity contribution in [2.45, 2.75) is 39.5 Å². The molecule has 1 aromatic rings. The summed E-state index contributed by atoms with van der Waals surface area (Å²) in [7, 11) is 1.92. The molecule has 0 bridgehead atoms. The van der Waals surface area contributed by atoms with Gasteiger partial charge in [0.25, 0.3) is 0 Å². The number of aryl methyl sites for hydroxylation is 1. The smallest absolute Gasteiger partial charge is 0.134 e. The van der Waals surface area contributed by atoms with Gasteiger partial charge in [-0.1, -0.05) is 20.3 Å². The molecule has 1 fully saturated rings. The van der Waals surface area contributed by atoms with Crippen LogP contribution in [0.25, 0.3) is 0 Å². The Hall–Kier alpha value is -1.32. The lowest BCUT2D eigenvalue weighted by Gasteiger charge is -2.18. The van der Waals surface area contributed by atoms with Crippen molar-refractivity contribution in [2.24, 2.45) is 5.92 Å². The standard InChI is InChI=1S/C14H24N4/c1-4-6-12-16-13(15-3)9-14(17-12)18-8-7-11(5-2)10-18/h9,11H,4-8,10H2,1-3H3,(H,15,16,17). The van der Waals surface area contributed by atoms with E-state index in [0.29, 0.717) is 0 Å². The van der Waals surface area contributed by atoms with Crippen LogP contribution >= 0.6 is 0 Å². The molecule has 0 radical (unpaired) electrons. The topological polar surface area (TPSA) is 41.1 Å². The minimum Gasteiger partial charge on any atom is -0.373 e. The van der Waals surface area contributed by atoms with Crippen LogP contribution in [0.4, 0.5) is 11.6 Å². The summed E-state index contributed by atoms with van der Waals surface area (Å²) in [5.74, 6) is 3.81. The minimum absolute atomic E-state index is 0.827. The zero-order valence-corrected chi connectivity index (χ0v) is 11.7. The second-order valence-corrected chi connectivity index (χ2v) is 5.04. The molecule has 100 valence electrons. The molecule has 18 heavy (non-hydrogen) atoms. The van der Waals surface area contributed by atoms with E-state index in [4.69, 9.17) is 4.98 Å². The van der Waals surface area contributed by atoms with Crippen molar-refractivity contribution < 1.29 is 0 Å². The Morgan fingerprint density at radius 2 is 2.22 bits per heavy atom. The summed E-state index contributed by atoms with van der Waals surface area (Å²) >= 11 is 0. The molecule has 4 nitrogen and oxygen atoms in total. The summed E-state index contributed by atoms with van der Waals surface area (Å²) in [5, 5.41) is 3.14. The van der Waals surface area contributed by atoms with E-state index in [2.05, 4.69) is 35.1 Å². The fourth-order valence-electron chi connectivity index (χ4n) is 2.48. The first-order valence-electron chi connectivity index (χ1n) is 7.07. The van der Waals surface area contributed by atoms with E-state index in [1.807, 2.05) is 7.05 Å². The quantitative estimate of drug-likeness (QED) is 0.870. The van der Waals surface area contributed by atoms with E-state index in [-0.39, 0.29) is 0 Å². The molecule has 0 aromatic carbocycles. The third-order valence-electron chi connectivity index (χ3n) is 3.68. The highest BCUT2D eigenvalue weighted by Crippen LogP contribution is 2.25. The number of aromatic nitrogens is 2. The van der Waals surface area contributed by atoms with Crippen LogP contribution in [0.2, 0.25) is 0 Å². The number of nitrogens with zero attached hydrogens (tertiary/aromatic N) is 3. The molecule has 1 atom stereocenters. The molecule has 1 saturated heterocycles. The normalized spacial score (nSPS) is 19.3. The Labute approximate surface area is 110 Å². The molecule has 1 aromatic heterocycles. The zero-order chi connectivity index (χ0) is 13.0. The predicted octanol–water partition coefficient (Wildman–Crippen LogP) is 2.71. The fraction of sp³-hybridized carbons (Fsp3) is 0.714. The van der Waals surface area contributed by atoms with Crippen LogP contribution in [0.15, 0.2) is 6.07 Å². The highest BCUT2D eigenvalue weighted by atomic mass is 15.2. The van der Waals surface area contributed by atoms with E-state index in [1.165, 1.54) is 12.8 Å². The van der Waals surface area contributed by atoms with Crippen LogP contribution in [0.3, 0.4) is 0 Å². The molecule has 1 aliphatic rings. The van der Waals surface area contributed by atoms with Crippen LogP contribution in [-0.2, 0) is 6.42 Å². The maximum Gasteiger partial charge on any atom is 0.134 e. The molecule has 2 rings (SSSR count). The first-order valence-corrected chi connectivity index (χ1v) is 7.07. The van der Waals surface area contributed by atoms with Gasteiger partial charge in [-0.2, -0.15) is 0 Å². The van der Waals surface area contributed by atoms with Crippen molar-refractivity contribution in [2.75, 3.05) is 30.4 Å². The van der Waals surface area contributed by atoms with E-state index in [1.54, 1.807) is 0 Å². The lowest BCUT2D eigenvalue weighted by Crippen LogP contribution is -2.21. The van der Waals surface area contributed by atoms with Crippen molar-refractivity contribution in [3.05, 3.63) is 11.9 Å². The highest BCUT2D eigenvalue weighted by molar-refractivity contribution is 5.49. The molecule has 4 heteroatoms. The van der Waals surface area contributed by atoms with Crippen molar-refractivity contribution in [3.63, 3.8) is 0 Å². The Balaban J connectivity index is 2.18. The van der Waals surface area contributed by atoms with E-state index < -0.39 is 0 Å². The monoisotopic (exact) mass is 248 g/mol. The van der Waals surface area contributed by atoms with Gasteiger partial charge in [0.05, 0.1) is 0 Å². The average Bonchev–Trinajstić information content (AvgIpc) is 2.87. The van der Waals surface area contributed by atoms with Gasteiger partial charge >= 0.3 is 0 Å². The molecule has 2 heterocycles. The van der Waals surface area contributed by atoms with Crippen molar-refractivity contribution in [1.82, 2.24) is 9.97 Å². The summed E-state index contributed by atoms with van der Waals surface area (Å²) in [5.41, 5.74) is 0. The lowest BCUT2D eigenvalue weighted by atomic mass is 10.1. The van der Waals surface area contributed by atoms with Gasteiger partial charge in [-0.3, -0.25) is 0 Å². The summed E-state index contributed by atoms with van der Waals surface area (Å²) in [6, 6.07) is 2.07.